The second-order valence-corrected chi connectivity index (χ2v) is 3.02. The van der Waals surface area contributed by atoms with Crippen LogP contribution in [0, 0.1) is 11.6 Å². The molecule has 0 heterocycles. The molecule has 0 spiro atoms. The minimum absolute atomic E-state index is 0.00481. The highest BCUT2D eigenvalue weighted by molar-refractivity contribution is 5.23. The smallest absolute Gasteiger partial charge is 0.162 e. The van der Waals surface area contributed by atoms with E-state index in [2.05, 4.69) is 0 Å². The predicted molar refractivity (Wildman–Crippen MR) is 48.2 cm³/mol. The number of aliphatic hydroxyl groups excluding tert-OH is 1. The fourth-order valence-corrected chi connectivity index (χ4v) is 1.02. The Bertz CT molecular complexity index is 302. The van der Waals surface area contributed by atoms with E-state index in [4.69, 9.17) is 9.84 Å². The summed E-state index contributed by atoms with van der Waals surface area (Å²) in [6.45, 7) is 1.75. The topological polar surface area (TPSA) is 29.5 Å². The minimum atomic E-state index is -0.932. The number of aliphatic hydroxyl groups is 1. The fraction of sp³-hybridized carbons (Fsp3) is 0.400. The second kappa shape index (κ2) is 4.91. The van der Waals surface area contributed by atoms with Crippen LogP contribution in [-0.4, -0.2) is 17.8 Å². The van der Waals surface area contributed by atoms with Crippen LogP contribution in [0.25, 0.3) is 0 Å². The number of halogens is 2. The zero-order valence-electron chi connectivity index (χ0n) is 7.84. The Morgan fingerprint density at radius 1 is 1.36 bits per heavy atom. The largest absolute Gasteiger partial charge is 0.491 e. The van der Waals surface area contributed by atoms with Crippen LogP contribution >= 0.6 is 0 Å². The maximum absolute atomic E-state index is 12.7. The second-order valence-electron chi connectivity index (χ2n) is 3.02. The summed E-state index contributed by atoms with van der Waals surface area (Å²) in [5.41, 5.74) is 0. The maximum atomic E-state index is 12.7. The summed E-state index contributed by atoms with van der Waals surface area (Å²) in [5.74, 6) is -1.56. The summed E-state index contributed by atoms with van der Waals surface area (Å²) in [4.78, 5) is 0. The van der Waals surface area contributed by atoms with Crippen molar-refractivity contribution in [3.63, 3.8) is 0 Å². The van der Waals surface area contributed by atoms with Gasteiger partial charge in [0.25, 0.3) is 0 Å². The van der Waals surface area contributed by atoms with Crippen molar-refractivity contribution in [3.8, 4) is 5.75 Å². The van der Waals surface area contributed by atoms with Crippen molar-refractivity contribution >= 4 is 0 Å². The molecule has 0 saturated heterocycles. The van der Waals surface area contributed by atoms with Gasteiger partial charge >= 0.3 is 0 Å². The number of rotatable bonds is 4. The van der Waals surface area contributed by atoms with Gasteiger partial charge in [-0.3, -0.25) is 0 Å². The van der Waals surface area contributed by atoms with Gasteiger partial charge in [-0.05, 0) is 19.1 Å². The molecule has 78 valence electrons. The van der Waals surface area contributed by atoms with Crippen LogP contribution < -0.4 is 4.74 Å². The van der Waals surface area contributed by atoms with Gasteiger partial charge in [-0.15, -0.1) is 0 Å². The van der Waals surface area contributed by atoms with E-state index < -0.39 is 11.6 Å². The monoisotopic (exact) mass is 202 g/mol. The van der Waals surface area contributed by atoms with Gasteiger partial charge < -0.3 is 9.84 Å². The highest BCUT2D eigenvalue weighted by Gasteiger charge is 2.06. The maximum Gasteiger partial charge on any atom is 0.162 e. The van der Waals surface area contributed by atoms with Crippen molar-refractivity contribution in [2.45, 2.75) is 19.4 Å². The Morgan fingerprint density at radius 3 is 2.64 bits per heavy atom. The van der Waals surface area contributed by atoms with E-state index in [1.54, 1.807) is 6.92 Å². The Labute approximate surface area is 81.1 Å². The molecular formula is C10H12F2O2. The predicted octanol–water partition coefficient (Wildman–Crippen LogP) is 2.11. The SMILES string of the molecule is CC(CCO)Oc1ccc(F)c(F)c1. The lowest BCUT2D eigenvalue weighted by molar-refractivity contribution is 0.168. The van der Waals surface area contributed by atoms with Gasteiger partial charge in [0.15, 0.2) is 11.6 Å². The summed E-state index contributed by atoms with van der Waals surface area (Å²) in [6.07, 6.45) is 0.240. The van der Waals surface area contributed by atoms with Crippen LogP contribution in [0.1, 0.15) is 13.3 Å². The van der Waals surface area contributed by atoms with Gasteiger partial charge in [-0.1, -0.05) is 0 Å². The van der Waals surface area contributed by atoms with Crippen molar-refractivity contribution in [1.82, 2.24) is 0 Å². The molecule has 14 heavy (non-hydrogen) atoms. The molecule has 0 aliphatic rings. The van der Waals surface area contributed by atoms with Gasteiger partial charge in [-0.25, -0.2) is 8.78 Å². The molecule has 2 nitrogen and oxygen atoms in total. The van der Waals surface area contributed by atoms with Crippen molar-refractivity contribution < 1.29 is 18.6 Å². The molecule has 0 radical (unpaired) electrons. The lowest BCUT2D eigenvalue weighted by Gasteiger charge is -2.13. The third kappa shape index (κ3) is 2.96. The molecule has 1 aromatic carbocycles. The van der Waals surface area contributed by atoms with Crippen molar-refractivity contribution in [1.29, 1.82) is 0 Å². The molecule has 1 unspecified atom stereocenters. The number of hydrogen-bond acceptors (Lipinski definition) is 2. The third-order valence-corrected chi connectivity index (χ3v) is 1.76. The molecule has 0 fully saturated rings. The van der Waals surface area contributed by atoms with Crippen LogP contribution in [0.3, 0.4) is 0 Å². The lowest BCUT2D eigenvalue weighted by Crippen LogP contribution is -2.13. The molecule has 0 aliphatic carbocycles. The Kier molecular flexibility index (Phi) is 3.83. The highest BCUT2D eigenvalue weighted by Crippen LogP contribution is 2.17. The first-order chi connectivity index (χ1) is 6.63. The number of benzene rings is 1. The van der Waals surface area contributed by atoms with Crippen LogP contribution in [0.2, 0.25) is 0 Å². The Morgan fingerprint density at radius 2 is 2.07 bits per heavy atom. The first-order valence-electron chi connectivity index (χ1n) is 4.36. The Balaban J connectivity index is 2.63. The summed E-state index contributed by atoms with van der Waals surface area (Å²) in [5, 5.41) is 8.60. The quantitative estimate of drug-likeness (QED) is 0.810. The van der Waals surface area contributed by atoms with Crippen molar-refractivity contribution in [2.24, 2.45) is 0 Å². The molecule has 0 amide bonds. The van der Waals surface area contributed by atoms with Crippen LogP contribution in [0.5, 0.6) is 5.75 Å². The molecule has 1 aromatic rings. The third-order valence-electron chi connectivity index (χ3n) is 1.76. The van der Waals surface area contributed by atoms with E-state index in [0.29, 0.717) is 6.42 Å². The molecule has 1 atom stereocenters. The van der Waals surface area contributed by atoms with E-state index in [0.717, 1.165) is 12.1 Å². The average Bonchev–Trinajstić information content (AvgIpc) is 2.12. The number of ether oxygens (including phenoxy) is 1. The molecular weight excluding hydrogens is 190 g/mol. The van der Waals surface area contributed by atoms with Crippen molar-refractivity contribution in [3.05, 3.63) is 29.8 Å². The van der Waals surface area contributed by atoms with E-state index in [1.165, 1.54) is 6.07 Å². The van der Waals surface area contributed by atoms with Gasteiger partial charge in [0.2, 0.25) is 0 Å². The van der Waals surface area contributed by atoms with Gasteiger partial charge in [0, 0.05) is 19.1 Å². The average molecular weight is 202 g/mol. The number of hydrogen-bond donors (Lipinski definition) is 1. The van der Waals surface area contributed by atoms with E-state index in [-0.39, 0.29) is 18.5 Å². The summed E-state index contributed by atoms with van der Waals surface area (Å²) >= 11 is 0. The van der Waals surface area contributed by atoms with Crippen LogP contribution in [0.4, 0.5) is 8.78 Å². The van der Waals surface area contributed by atoms with Crippen LogP contribution in [-0.2, 0) is 0 Å². The zero-order valence-corrected chi connectivity index (χ0v) is 7.84. The Hall–Kier alpha value is -1.16. The summed E-state index contributed by atoms with van der Waals surface area (Å²) < 4.78 is 30.4. The molecule has 1 N–H and O–H groups in total. The van der Waals surface area contributed by atoms with E-state index >= 15 is 0 Å². The summed E-state index contributed by atoms with van der Waals surface area (Å²) in [7, 11) is 0. The standard InChI is InChI=1S/C10H12F2O2/c1-7(4-5-13)14-8-2-3-9(11)10(12)6-8/h2-3,6-7,13H,4-5H2,1H3. The first kappa shape index (κ1) is 10.9. The molecule has 4 heteroatoms. The van der Waals surface area contributed by atoms with Crippen LogP contribution in [0.15, 0.2) is 18.2 Å². The highest BCUT2D eigenvalue weighted by atomic mass is 19.2. The fourth-order valence-electron chi connectivity index (χ4n) is 1.02. The van der Waals surface area contributed by atoms with E-state index in [9.17, 15) is 8.78 Å². The molecule has 0 aliphatic heterocycles. The van der Waals surface area contributed by atoms with Gasteiger partial charge in [0.05, 0.1) is 6.10 Å². The van der Waals surface area contributed by atoms with Gasteiger partial charge in [0.1, 0.15) is 5.75 Å². The first-order valence-corrected chi connectivity index (χ1v) is 4.36. The molecule has 1 rings (SSSR count). The normalized spacial score (nSPS) is 12.6. The molecule has 0 saturated carbocycles. The zero-order chi connectivity index (χ0) is 10.6. The molecule has 0 aromatic heterocycles. The molecule has 0 bridgehead atoms. The van der Waals surface area contributed by atoms with Gasteiger partial charge in [-0.2, -0.15) is 0 Å². The van der Waals surface area contributed by atoms with E-state index in [1.807, 2.05) is 0 Å². The van der Waals surface area contributed by atoms with Crippen molar-refractivity contribution in [2.75, 3.05) is 6.61 Å². The minimum Gasteiger partial charge on any atom is -0.491 e. The summed E-state index contributed by atoms with van der Waals surface area (Å²) in [6, 6.07) is 3.35. The lowest BCUT2D eigenvalue weighted by atomic mass is 10.3.